The highest BCUT2D eigenvalue weighted by Crippen LogP contribution is 2.31. The second kappa shape index (κ2) is 5.19. The predicted octanol–water partition coefficient (Wildman–Crippen LogP) is 3.63. The van der Waals surface area contributed by atoms with Gasteiger partial charge in [-0.25, -0.2) is 4.98 Å². The molecule has 0 aliphatic heterocycles. The number of rotatable bonds is 3. The normalized spacial score (nSPS) is 24.7. The van der Waals surface area contributed by atoms with Gasteiger partial charge in [0.05, 0.1) is 6.20 Å². The van der Waals surface area contributed by atoms with Gasteiger partial charge in [0, 0.05) is 6.54 Å². The molecule has 1 aromatic rings. The molecular formula is C11H15Cl2N3. The summed E-state index contributed by atoms with van der Waals surface area (Å²) in [6.07, 6.45) is 5.46. The molecule has 1 heterocycles. The minimum Gasteiger partial charge on any atom is -0.368 e. The fraction of sp³-hybridized carbons (Fsp3) is 0.636. The summed E-state index contributed by atoms with van der Waals surface area (Å²) >= 11 is 11.7. The Balaban J connectivity index is 1.96. The molecule has 2 unspecified atom stereocenters. The third kappa shape index (κ3) is 2.77. The van der Waals surface area contributed by atoms with Gasteiger partial charge in [-0.1, -0.05) is 31.4 Å². The van der Waals surface area contributed by atoms with Gasteiger partial charge in [-0.05, 0) is 29.9 Å². The summed E-state index contributed by atoms with van der Waals surface area (Å²) in [4.78, 5) is 7.89. The number of hydrogen-bond acceptors (Lipinski definition) is 3. The van der Waals surface area contributed by atoms with Crippen molar-refractivity contribution < 1.29 is 0 Å². The van der Waals surface area contributed by atoms with Crippen LogP contribution in [0.3, 0.4) is 0 Å². The van der Waals surface area contributed by atoms with Crippen LogP contribution in [0.25, 0.3) is 0 Å². The molecule has 0 radical (unpaired) electrons. The quantitative estimate of drug-likeness (QED) is 0.843. The van der Waals surface area contributed by atoms with Crippen LogP contribution in [-0.2, 0) is 0 Å². The van der Waals surface area contributed by atoms with Gasteiger partial charge in [-0.15, -0.1) is 0 Å². The standard InChI is InChI=1S/C11H15Cl2N3/c1-7-3-2-4-8(7)5-14-10-9(12)6-15-11(13)16-10/h6-8H,2-5H2,1H3,(H,14,15,16). The molecule has 2 rings (SSSR count). The summed E-state index contributed by atoms with van der Waals surface area (Å²) < 4.78 is 0. The van der Waals surface area contributed by atoms with Gasteiger partial charge in [0.2, 0.25) is 5.28 Å². The first kappa shape index (κ1) is 11.9. The SMILES string of the molecule is CC1CCCC1CNc1nc(Cl)ncc1Cl. The number of anilines is 1. The van der Waals surface area contributed by atoms with Crippen LogP contribution >= 0.6 is 23.2 Å². The molecule has 2 atom stereocenters. The van der Waals surface area contributed by atoms with E-state index in [1.807, 2.05) is 0 Å². The fourth-order valence-electron chi connectivity index (χ4n) is 2.22. The van der Waals surface area contributed by atoms with E-state index in [9.17, 15) is 0 Å². The van der Waals surface area contributed by atoms with Crippen molar-refractivity contribution in [1.29, 1.82) is 0 Å². The van der Waals surface area contributed by atoms with E-state index in [0.717, 1.165) is 12.5 Å². The van der Waals surface area contributed by atoms with E-state index in [1.54, 1.807) is 0 Å². The van der Waals surface area contributed by atoms with Crippen LogP contribution in [0.1, 0.15) is 26.2 Å². The molecule has 5 heteroatoms. The van der Waals surface area contributed by atoms with Crippen molar-refractivity contribution in [2.24, 2.45) is 11.8 Å². The van der Waals surface area contributed by atoms with Crippen LogP contribution in [0.15, 0.2) is 6.20 Å². The molecule has 88 valence electrons. The predicted molar refractivity (Wildman–Crippen MR) is 67.0 cm³/mol. The highest BCUT2D eigenvalue weighted by molar-refractivity contribution is 6.33. The smallest absolute Gasteiger partial charge is 0.224 e. The molecule has 1 aromatic heterocycles. The number of nitrogens with zero attached hydrogens (tertiary/aromatic N) is 2. The topological polar surface area (TPSA) is 37.8 Å². The van der Waals surface area contributed by atoms with Crippen LogP contribution in [-0.4, -0.2) is 16.5 Å². The zero-order chi connectivity index (χ0) is 11.5. The van der Waals surface area contributed by atoms with E-state index in [-0.39, 0.29) is 5.28 Å². The minimum atomic E-state index is 0.228. The van der Waals surface area contributed by atoms with E-state index in [0.29, 0.717) is 16.8 Å². The zero-order valence-corrected chi connectivity index (χ0v) is 10.7. The van der Waals surface area contributed by atoms with E-state index in [2.05, 4.69) is 22.2 Å². The Bertz CT molecular complexity index is 370. The van der Waals surface area contributed by atoms with Crippen molar-refractivity contribution in [2.45, 2.75) is 26.2 Å². The van der Waals surface area contributed by atoms with Gasteiger partial charge in [0.15, 0.2) is 0 Å². The van der Waals surface area contributed by atoms with Gasteiger partial charge >= 0.3 is 0 Å². The number of aromatic nitrogens is 2. The maximum absolute atomic E-state index is 5.97. The molecule has 1 N–H and O–H groups in total. The summed E-state index contributed by atoms with van der Waals surface area (Å²) in [5.41, 5.74) is 0. The van der Waals surface area contributed by atoms with Crippen molar-refractivity contribution in [3.8, 4) is 0 Å². The first-order chi connectivity index (χ1) is 7.66. The molecule has 16 heavy (non-hydrogen) atoms. The maximum atomic E-state index is 5.97. The number of halogens is 2. The molecule has 3 nitrogen and oxygen atoms in total. The van der Waals surface area contributed by atoms with Crippen LogP contribution in [0.4, 0.5) is 5.82 Å². The van der Waals surface area contributed by atoms with Gasteiger partial charge < -0.3 is 5.32 Å². The summed E-state index contributed by atoms with van der Waals surface area (Å²) in [5.74, 6) is 2.13. The van der Waals surface area contributed by atoms with Gasteiger partial charge in [0.1, 0.15) is 10.8 Å². The lowest BCUT2D eigenvalue weighted by molar-refractivity contribution is 0.439. The van der Waals surface area contributed by atoms with Gasteiger partial charge in [-0.3, -0.25) is 0 Å². The van der Waals surface area contributed by atoms with E-state index >= 15 is 0 Å². The minimum absolute atomic E-state index is 0.228. The Morgan fingerprint density at radius 1 is 1.44 bits per heavy atom. The Morgan fingerprint density at radius 3 is 2.94 bits per heavy atom. The molecule has 0 bridgehead atoms. The van der Waals surface area contributed by atoms with Crippen LogP contribution in [0.2, 0.25) is 10.3 Å². The number of nitrogens with one attached hydrogen (secondary N) is 1. The average Bonchev–Trinajstić information content (AvgIpc) is 2.66. The third-order valence-corrected chi connectivity index (χ3v) is 3.74. The van der Waals surface area contributed by atoms with Crippen molar-refractivity contribution in [3.63, 3.8) is 0 Å². The second-order valence-electron chi connectivity index (χ2n) is 4.38. The Morgan fingerprint density at radius 2 is 2.25 bits per heavy atom. The van der Waals surface area contributed by atoms with Crippen LogP contribution in [0, 0.1) is 11.8 Å². The Labute approximate surface area is 106 Å². The summed E-state index contributed by atoms with van der Waals surface area (Å²) in [6.45, 7) is 3.21. The van der Waals surface area contributed by atoms with Crippen LogP contribution < -0.4 is 5.32 Å². The van der Waals surface area contributed by atoms with E-state index < -0.39 is 0 Å². The fourth-order valence-corrected chi connectivity index (χ4v) is 2.51. The summed E-state index contributed by atoms with van der Waals surface area (Å²) in [5, 5.41) is 4.01. The van der Waals surface area contributed by atoms with Crippen molar-refractivity contribution >= 4 is 29.0 Å². The summed E-state index contributed by atoms with van der Waals surface area (Å²) in [6, 6.07) is 0. The largest absolute Gasteiger partial charge is 0.368 e. The lowest BCUT2D eigenvalue weighted by Gasteiger charge is -2.16. The van der Waals surface area contributed by atoms with E-state index in [1.165, 1.54) is 25.5 Å². The molecule has 1 aliphatic carbocycles. The molecule has 0 spiro atoms. The maximum Gasteiger partial charge on any atom is 0.224 e. The van der Waals surface area contributed by atoms with Gasteiger partial charge in [-0.2, -0.15) is 4.98 Å². The lowest BCUT2D eigenvalue weighted by atomic mass is 9.98. The molecular weight excluding hydrogens is 245 g/mol. The first-order valence-corrected chi connectivity index (χ1v) is 6.34. The van der Waals surface area contributed by atoms with E-state index in [4.69, 9.17) is 23.2 Å². The Hall–Kier alpha value is -0.540. The average molecular weight is 260 g/mol. The van der Waals surface area contributed by atoms with Gasteiger partial charge in [0.25, 0.3) is 0 Å². The first-order valence-electron chi connectivity index (χ1n) is 5.58. The monoisotopic (exact) mass is 259 g/mol. The molecule has 0 saturated heterocycles. The van der Waals surface area contributed by atoms with Crippen LogP contribution in [0.5, 0.6) is 0 Å². The summed E-state index contributed by atoms with van der Waals surface area (Å²) in [7, 11) is 0. The van der Waals surface area contributed by atoms with Crippen molar-refractivity contribution in [3.05, 3.63) is 16.5 Å². The third-order valence-electron chi connectivity index (χ3n) is 3.29. The highest BCUT2D eigenvalue weighted by atomic mass is 35.5. The van der Waals surface area contributed by atoms with Crippen molar-refractivity contribution in [1.82, 2.24) is 9.97 Å². The second-order valence-corrected chi connectivity index (χ2v) is 5.13. The zero-order valence-electron chi connectivity index (χ0n) is 9.21. The highest BCUT2D eigenvalue weighted by Gasteiger charge is 2.23. The molecule has 1 aliphatic rings. The lowest BCUT2D eigenvalue weighted by Crippen LogP contribution is -2.17. The number of hydrogen-bond donors (Lipinski definition) is 1. The molecule has 0 aromatic carbocycles. The Kier molecular flexibility index (Phi) is 3.87. The molecule has 1 fully saturated rings. The molecule has 0 amide bonds. The molecule has 1 saturated carbocycles. The van der Waals surface area contributed by atoms with Crippen molar-refractivity contribution in [2.75, 3.05) is 11.9 Å².